The number of rotatable bonds is 6. The molecule has 0 radical (unpaired) electrons. The second-order valence-corrected chi connectivity index (χ2v) is 8.60. The molecule has 0 heterocycles. The van der Waals surface area contributed by atoms with Gasteiger partial charge in [-0.25, -0.2) is 4.79 Å². The van der Waals surface area contributed by atoms with Crippen LogP contribution in [0, 0.1) is 17.3 Å². The molecule has 25 heavy (non-hydrogen) atoms. The zero-order valence-electron chi connectivity index (χ0n) is 15.3. The molecule has 2 fully saturated rings. The van der Waals surface area contributed by atoms with E-state index in [-0.39, 0.29) is 41.0 Å². The molecule has 0 bridgehead atoms. The zero-order valence-corrected chi connectivity index (χ0v) is 16.1. The van der Waals surface area contributed by atoms with Crippen LogP contribution in [0.2, 0.25) is 0 Å². The molecule has 2 aliphatic carbocycles. The molecular formula is C20H26O4S. The second kappa shape index (κ2) is 6.76. The minimum atomic E-state index is -0.711. The molecule has 3 unspecified atom stereocenters. The molecule has 0 N–H and O–H groups in total. The zero-order chi connectivity index (χ0) is 18.2. The Labute approximate surface area is 153 Å². The lowest BCUT2D eigenvalue weighted by Crippen LogP contribution is -2.42. The number of hydrogen-bond acceptors (Lipinski definition) is 5. The minimum Gasteiger partial charge on any atom is -0.458 e. The molecule has 0 saturated heterocycles. The van der Waals surface area contributed by atoms with Crippen LogP contribution in [-0.4, -0.2) is 35.7 Å². The molecule has 0 aliphatic heterocycles. The number of fused-ring (bicyclic) bond motifs is 1. The Balaban J connectivity index is 1.66. The third-order valence-electron chi connectivity index (χ3n) is 5.88. The van der Waals surface area contributed by atoms with Crippen molar-refractivity contribution in [2.45, 2.75) is 44.6 Å². The summed E-state index contributed by atoms with van der Waals surface area (Å²) in [6.45, 7) is 6.35. The summed E-state index contributed by atoms with van der Waals surface area (Å²) in [5.41, 5.74) is -0.678. The second-order valence-electron chi connectivity index (χ2n) is 7.60. The standard InChI is InChI=1S/C20H26O4S/c1-13-10-11-15-19(2,3)20(15,17(13)21)24-16(25-4)12-23-18(22)14-8-6-5-7-9-14/h5-9,13,15-16H,10-12H2,1-4H3/t13?,15?,16?,20-/m1/s1. The van der Waals surface area contributed by atoms with Crippen molar-refractivity contribution in [1.29, 1.82) is 0 Å². The molecule has 1 aromatic carbocycles. The van der Waals surface area contributed by atoms with Gasteiger partial charge in [-0.3, -0.25) is 4.79 Å². The van der Waals surface area contributed by atoms with Gasteiger partial charge in [-0.05, 0) is 31.2 Å². The van der Waals surface area contributed by atoms with Gasteiger partial charge in [0.05, 0.1) is 5.56 Å². The van der Waals surface area contributed by atoms with E-state index in [0.29, 0.717) is 5.56 Å². The lowest BCUT2D eigenvalue weighted by Gasteiger charge is -2.30. The van der Waals surface area contributed by atoms with Crippen LogP contribution in [0.1, 0.15) is 44.0 Å². The summed E-state index contributed by atoms with van der Waals surface area (Å²) in [5.74, 6) is 0.147. The van der Waals surface area contributed by atoms with Gasteiger partial charge < -0.3 is 9.47 Å². The first kappa shape index (κ1) is 18.5. The molecule has 2 saturated carbocycles. The maximum absolute atomic E-state index is 12.9. The highest BCUT2D eigenvalue weighted by Gasteiger charge is 2.78. The van der Waals surface area contributed by atoms with Crippen LogP contribution < -0.4 is 0 Å². The summed E-state index contributed by atoms with van der Waals surface area (Å²) in [7, 11) is 0. The largest absolute Gasteiger partial charge is 0.458 e. The van der Waals surface area contributed by atoms with Crippen molar-refractivity contribution < 1.29 is 19.1 Å². The molecule has 136 valence electrons. The fraction of sp³-hybridized carbons (Fsp3) is 0.600. The Hall–Kier alpha value is -1.33. The van der Waals surface area contributed by atoms with E-state index >= 15 is 0 Å². The predicted molar refractivity (Wildman–Crippen MR) is 98.5 cm³/mol. The Kier molecular flexibility index (Phi) is 5.00. The molecule has 0 amide bonds. The third kappa shape index (κ3) is 3.02. The Bertz CT molecular complexity index is 657. The van der Waals surface area contributed by atoms with Crippen LogP contribution in [0.5, 0.6) is 0 Å². The van der Waals surface area contributed by atoms with Gasteiger partial charge in [0.15, 0.2) is 5.78 Å². The van der Waals surface area contributed by atoms with E-state index in [1.807, 2.05) is 19.2 Å². The lowest BCUT2D eigenvalue weighted by atomic mass is 9.87. The van der Waals surface area contributed by atoms with E-state index in [1.54, 1.807) is 24.3 Å². The van der Waals surface area contributed by atoms with Gasteiger partial charge in [-0.2, -0.15) is 0 Å². The highest BCUT2D eigenvalue weighted by molar-refractivity contribution is 7.99. The number of esters is 1. The van der Waals surface area contributed by atoms with E-state index in [4.69, 9.17) is 9.47 Å². The number of ketones is 1. The monoisotopic (exact) mass is 362 g/mol. The summed E-state index contributed by atoms with van der Waals surface area (Å²) in [4.78, 5) is 25.0. The highest BCUT2D eigenvalue weighted by Crippen LogP contribution is 2.70. The summed E-state index contributed by atoms with van der Waals surface area (Å²) in [6, 6.07) is 8.91. The Morgan fingerprint density at radius 1 is 1.28 bits per heavy atom. The van der Waals surface area contributed by atoms with E-state index in [2.05, 4.69) is 13.8 Å². The summed E-state index contributed by atoms with van der Waals surface area (Å²) in [6.07, 6.45) is 3.87. The van der Waals surface area contributed by atoms with E-state index in [1.165, 1.54) is 11.8 Å². The molecule has 0 spiro atoms. The average Bonchev–Trinajstić information content (AvgIpc) is 3.11. The highest BCUT2D eigenvalue weighted by atomic mass is 32.2. The van der Waals surface area contributed by atoms with Crippen molar-refractivity contribution in [2.24, 2.45) is 17.3 Å². The molecule has 2 aliphatic rings. The van der Waals surface area contributed by atoms with Crippen molar-refractivity contribution in [2.75, 3.05) is 12.9 Å². The number of thioether (sulfide) groups is 1. The van der Waals surface area contributed by atoms with Gasteiger partial charge in [-0.1, -0.05) is 39.0 Å². The SMILES string of the molecule is CSC(COC(=O)c1ccccc1)O[C@@]12C(=O)C(C)CCC1C2(C)C. The Morgan fingerprint density at radius 3 is 2.60 bits per heavy atom. The van der Waals surface area contributed by atoms with Crippen molar-refractivity contribution in [1.82, 2.24) is 0 Å². The molecule has 5 heteroatoms. The maximum Gasteiger partial charge on any atom is 0.338 e. The summed E-state index contributed by atoms with van der Waals surface area (Å²) < 4.78 is 11.7. The first-order valence-electron chi connectivity index (χ1n) is 8.81. The fourth-order valence-corrected chi connectivity index (χ4v) is 4.70. The number of benzene rings is 1. The van der Waals surface area contributed by atoms with Crippen molar-refractivity contribution >= 4 is 23.5 Å². The van der Waals surface area contributed by atoms with E-state index < -0.39 is 5.60 Å². The first-order valence-corrected chi connectivity index (χ1v) is 10.1. The van der Waals surface area contributed by atoms with Gasteiger partial charge in [0.1, 0.15) is 17.6 Å². The van der Waals surface area contributed by atoms with Crippen molar-refractivity contribution in [3.05, 3.63) is 35.9 Å². The van der Waals surface area contributed by atoms with Gasteiger partial charge >= 0.3 is 5.97 Å². The number of carbonyl (C=O) groups is 2. The molecular weight excluding hydrogens is 336 g/mol. The molecule has 3 rings (SSSR count). The van der Waals surface area contributed by atoms with Crippen molar-refractivity contribution in [3.63, 3.8) is 0 Å². The number of hydrogen-bond donors (Lipinski definition) is 0. The van der Waals surface area contributed by atoms with E-state index in [9.17, 15) is 9.59 Å². The van der Waals surface area contributed by atoms with Crippen LogP contribution in [0.25, 0.3) is 0 Å². The predicted octanol–water partition coefficient (Wildman–Crippen LogP) is 3.94. The molecule has 4 nitrogen and oxygen atoms in total. The van der Waals surface area contributed by atoms with Gasteiger partial charge in [0.2, 0.25) is 0 Å². The maximum atomic E-state index is 12.9. The van der Waals surface area contributed by atoms with E-state index in [0.717, 1.165) is 12.8 Å². The molecule has 1 aromatic rings. The summed E-state index contributed by atoms with van der Waals surface area (Å²) in [5, 5.41) is 0. The van der Waals surface area contributed by atoms with Crippen LogP contribution in [0.4, 0.5) is 0 Å². The topological polar surface area (TPSA) is 52.6 Å². The fourth-order valence-electron chi connectivity index (χ4n) is 4.25. The average molecular weight is 362 g/mol. The van der Waals surface area contributed by atoms with Crippen LogP contribution in [-0.2, 0) is 14.3 Å². The van der Waals surface area contributed by atoms with Crippen molar-refractivity contribution in [3.8, 4) is 0 Å². The summed E-state index contributed by atoms with van der Waals surface area (Å²) >= 11 is 1.48. The first-order chi connectivity index (χ1) is 11.8. The van der Waals surface area contributed by atoms with Crippen LogP contribution in [0.3, 0.4) is 0 Å². The van der Waals surface area contributed by atoms with Gasteiger partial charge in [0, 0.05) is 17.3 Å². The third-order valence-corrected chi connectivity index (χ3v) is 6.64. The quantitative estimate of drug-likeness (QED) is 0.567. The molecule has 4 atom stereocenters. The van der Waals surface area contributed by atoms with Crippen LogP contribution in [0.15, 0.2) is 30.3 Å². The van der Waals surface area contributed by atoms with Gasteiger partial charge in [0.25, 0.3) is 0 Å². The van der Waals surface area contributed by atoms with Crippen LogP contribution >= 0.6 is 11.8 Å². The number of Topliss-reactive ketones (excluding diaryl/α,β-unsaturated/α-hetero) is 1. The van der Waals surface area contributed by atoms with Gasteiger partial charge in [-0.15, -0.1) is 11.8 Å². The smallest absolute Gasteiger partial charge is 0.338 e. The Morgan fingerprint density at radius 2 is 1.96 bits per heavy atom. The number of carbonyl (C=O) groups excluding carboxylic acids is 2. The molecule has 0 aromatic heterocycles. The normalized spacial score (nSPS) is 31.1. The lowest BCUT2D eigenvalue weighted by molar-refractivity contribution is -0.146. The number of ether oxygens (including phenoxy) is 2. The minimum absolute atomic E-state index is 0.0346.